The fraction of sp³-hybridized carbons (Fsp3) is 0.450. The first-order valence-corrected chi connectivity index (χ1v) is 8.46. The Balaban J connectivity index is 1.72. The number of fused-ring (bicyclic) bond motifs is 1. The van der Waals surface area contributed by atoms with Crippen LogP contribution in [0.15, 0.2) is 36.4 Å². The Kier molecular flexibility index (Phi) is 4.99. The third-order valence-electron chi connectivity index (χ3n) is 4.78. The summed E-state index contributed by atoms with van der Waals surface area (Å²) in [6, 6.07) is 13.3. The second kappa shape index (κ2) is 7.15. The summed E-state index contributed by atoms with van der Waals surface area (Å²) < 4.78 is 0. The van der Waals surface area contributed by atoms with Crippen LogP contribution in [0.25, 0.3) is 10.8 Å². The molecule has 3 rings (SSSR count). The molecule has 0 saturated heterocycles. The Morgan fingerprint density at radius 1 is 1.00 bits per heavy atom. The molecule has 1 radical (unpaired) electrons. The zero-order valence-electron chi connectivity index (χ0n) is 13.8. The average molecular weight is 295 g/mol. The maximum absolute atomic E-state index is 3.68. The van der Waals surface area contributed by atoms with Crippen molar-refractivity contribution in [1.29, 1.82) is 0 Å². The Morgan fingerprint density at radius 3 is 2.45 bits per heavy atom. The Hall–Kier alpha value is -1.54. The molecule has 1 fully saturated rings. The van der Waals surface area contributed by atoms with Gasteiger partial charge in [-0.2, -0.15) is 0 Å². The first-order valence-electron chi connectivity index (χ1n) is 8.46. The summed E-state index contributed by atoms with van der Waals surface area (Å²) in [5.41, 5.74) is 2.70. The maximum Gasteiger partial charge on any atom is 0.0440 e. The van der Waals surface area contributed by atoms with Gasteiger partial charge in [0.05, 0.1) is 0 Å². The highest BCUT2D eigenvalue weighted by molar-refractivity contribution is 5.96. The standard InChI is InChI=1S/C20H27N2/c1-22(2)20-13-12-17(18-10-6-7-11-19(18)20)15-21-14-16-8-4-3-5-9-16/h3,6-7,10-13,16,21H,4-5,8-9,14-15H2,1-2H3. The summed E-state index contributed by atoms with van der Waals surface area (Å²) in [6.45, 7) is 2.12. The third kappa shape index (κ3) is 3.44. The number of anilines is 1. The minimum atomic E-state index is 0.859. The van der Waals surface area contributed by atoms with E-state index in [2.05, 4.69) is 67.1 Å². The van der Waals surface area contributed by atoms with E-state index in [1.54, 1.807) is 0 Å². The first-order chi connectivity index (χ1) is 10.8. The van der Waals surface area contributed by atoms with Gasteiger partial charge in [-0.15, -0.1) is 0 Å². The quantitative estimate of drug-likeness (QED) is 0.880. The van der Waals surface area contributed by atoms with Gasteiger partial charge in [0, 0.05) is 31.7 Å². The van der Waals surface area contributed by atoms with Gasteiger partial charge >= 0.3 is 0 Å². The molecule has 1 aliphatic carbocycles. The van der Waals surface area contributed by atoms with Crippen molar-refractivity contribution in [2.45, 2.75) is 32.2 Å². The van der Waals surface area contributed by atoms with Gasteiger partial charge in [-0.3, -0.25) is 0 Å². The van der Waals surface area contributed by atoms with Crippen LogP contribution in [0.2, 0.25) is 0 Å². The predicted molar refractivity (Wildman–Crippen MR) is 96.2 cm³/mol. The SMILES string of the molecule is CN(C)c1ccc(CNCC2CC[CH]CC2)c2ccccc12. The van der Waals surface area contributed by atoms with Crippen LogP contribution in [0.1, 0.15) is 31.2 Å². The fourth-order valence-electron chi connectivity index (χ4n) is 3.50. The van der Waals surface area contributed by atoms with Gasteiger partial charge < -0.3 is 10.2 Å². The lowest BCUT2D eigenvalue weighted by atomic mass is 9.89. The van der Waals surface area contributed by atoms with Gasteiger partial charge in [0.1, 0.15) is 0 Å². The molecular weight excluding hydrogens is 268 g/mol. The molecule has 0 spiro atoms. The molecule has 0 bridgehead atoms. The first kappa shape index (κ1) is 15.4. The molecule has 0 unspecified atom stereocenters. The van der Waals surface area contributed by atoms with Crippen molar-refractivity contribution in [2.24, 2.45) is 5.92 Å². The van der Waals surface area contributed by atoms with Crippen LogP contribution in [0, 0.1) is 12.3 Å². The molecule has 1 saturated carbocycles. The van der Waals surface area contributed by atoms with Crippen LogP contribution < -0.4 is 10.2 Å². The number of nitrogens with zero attached hydrogens (tertiary/aromatic N) is 1. The molecular formula is C20H27N2. The lowest BCUT2D eigenvalue weighted by Gasteiger charge is -2.22. The highest BCUT2D eigenvalue weighted by Crippen LogP contribution is 2.28. The van der Waals surface area contributed by atoms with Crippen molar-refractivity contribution in [3.8, 4) is 0 Å². The summed E-state index contributed by atoms with van der Waals surface area (Å²) in [6.07, 6.45) is 7.74. The van der Waals surface area contributed by atoms with Crippen molar-refractivity contribution in [2.75, 3.05) is 25.5 Å². The molecule has 2 aromatic rings. The molecule has 2 heteroatoms. The van der Waals surface area contributed by atoms with Gasteiger partial charge in [0.15, 0.2) is 0 Å². The molecule has 0 aromatic heterocycles. The van der Waals surface area contributed by atoms with Crippen molar-refractivity contribution in [3.05, 3.63) is 48.4 Å². The van der Waals surface area contributed by atoms with Gasteiger partial charge in [-0.1, -0.05) is 30.3 Å². The van der Waals surface area contributed by atoms with E-state index in [0.717, 1.165) is 19.0 Å². The predicted octanol–water partition coefficient (Wildman–Crippen LogP) is 4.39. The van der Waals surface area contributed by atoms with Crippen LogP contribution in [-0.2, 0) is 6.54 Å². The minimum Gasteiger partial charge on any atom is -0.377 e. The van der Waals surface area contributed by atoms with Crippen LogP contribution in [0.3, 0.4) is 0 Å². The molecule has 1 N–H and O–H groups in total. The lowest BCUT2D eigenvalue weighted by Crippen LogP contribution is -2.24. The second-order valence-electron chi connectivity index (χ2n) is 6.62. The molecule has 0 heterocycles. The monoisotopic (exact) mass is 295 g/mol. The zero-order valence-corrected chi connectivity index (χ0v) is 13.8. The fourth-order valence-corrected chi connectivity index (χ4v) is 3.50. The number of benzene rings is 2. The van der Waals surface area contributed by atoms with Crippen LogP contribution >= 0.6 is 0 Å². The normalized spacial score (nSPS) is 16.1. The van der Waals surface area contributed by atoms with E-state index in [1.807, 2.05) is 0 Å². The van der Waals surface area contributed by atoms with E-state index in [4.69, 9.17) is 0 Å². The highest BCUT2D eigenvalue weighted by Gasteiger charge is 2.13. The van der Waals surface area contributed by atoms with Crippen molar-refractivity contribution in [1.82, 2.24) is 5.32 Å². The van der Waals surface area contributed by atoms with Crippen LogP contribution in [0.4, 0.5) is 5.69 Å². The largest absolute Gasteiger partial charge is 0.377 e. The van der Waals surface area contributed by atoms with Crippen LogP contribution in [-0.4, -0.2) is 20.6 Å². The van der Waals surface area contributed by atoms with E-state index in [-0.39, 0.29) is 0 Å². The Morgan fingerprint density at radius 2 is 1.73 bits per heavy atom. The molecule has 0 atom stereocenters. The van der Waals surface area contributed by atoms with Gasteiger partial charge in [0.2, 0.25) is 0 Å². The van der Waals surface area contributed by atoms with Gasteiger partial charge in [-0.05, 0) is 61.6 Å². The summed E-state index contributed by atoms with van der Waals surface area (Å²) in [5, 5.41) is 6.40. The van der Waals surface area contributed by atoms with Gasteiger partial charge in [-0.25, -0.2) is 0 Å². The topological polar surface area (TPSA) is 15.3 Å². The number of hydrogen-bond acceptors (Lipinski definition) is 2. The van der Waals surface area contributed by atoms with E-state index >= 15 is 0 Å². The summed E-state index contributed by atoms with van der Waals surface area (Å²) >= 11 is 0. The molecule has 117 valence electrons. The molecule has 0 amide bonds. The zero-order chi connectivity index (χ0) is 15.4. The summed E-state index contributed by atoms with van der Waals surface area (Å²) in [7, 11) is 4.22. The maximum atomic E-state index is 3.68. The Bertz CT molecular complexity index is 612. The third-order valence-corrected chi connectivity index (χ3v) is 4.78. The van der Waals surface area contributed by atoms with Gasteiger partial charge in [0.25, 0.3) is 0 Å². The number of rotatable bonds is 5. The van der Waals surface area contributed by atoms with Crippen molar-refractivity contribution >= 4 is 16.5 Å². The second-order valence-corrected chi connectivity index (χ2v) is 6.62. The summed E-state index contributed by atoms with van der Waals surface area (Å²) in [4.78, 5) is 2.19. The number of hydrogen-bond donors (Lipinski definition) is 1. The van der Waals surface area contributed by atoms with Crippen molar-refractivity contribution < 1.29 is 0 Å². The molecule has 1 aliphatic rings. The number of nitrogens with one attached hydrogen (secondary N) is 1. The van der Waals surface area contributed by atoms with E-state index in [0.29, 0.717) is 0 Å². The smallest absolute Gasteiger partial charge is 0.0440 e. The molecule has 0 aliphatic heterocycles. The summed E-state index contributed by atoms with van der Waals surface area (Å²) in [5.74, 6) is 0.859. The van der Waals surface area contributed by atoms with E-state index < -0.39 is 0 Å². The lowest BCUT2D eigenvalue weighted by molar-refractivity contribution is 0.381. The molecule has 2 nitrogen and oxygen atoms in total. The van der Waals surface area contributed by atoms with Crippen LogP contribution in [0.5, 0.6) is 0 Å². The van der Waals surface area contributed by atoms with Crippen molar-refractivity contribution in [3.63, 3.8) is 0 Å². The molecule has 2 aromatic carbocycles. The van der Waals surface area contributed by atoms with E-state index in [1.165, 1.54) is 47.7 Å². The Labute approximate surface area is 134 Å². The minimum absolute atomic E-state index is 0.859. The molecule has 22 heavy (non-hydrogen) atoms. The average Bonchev–Trinajstić information content (AvgIpc) is 2.55. The van der Waals surface area contributed by atoms with E-state index in [9.17, 15) is 0 Å². The highest BCUT2D eigenvalue weighted by atomic mass is 15.1.